The lowest BCUT2D eigenvalue weighted by atomic mass is 10.1. The molecule has 2 aromatic rings. The minimum atomic E-state index is -4.64. The predicted molar refractivity (Wildman–Crippen MR) is 94.7 cm³/mol. The number of hydrogen-bond donors (Lipinski definition) is 0. The summed E-state index contributed by atoms with van der Waals surface area (Å²) in [5, 5.41) is 0. The van der Waals surface area contributed by atoms with Gasteiger partial charge >= 0.3 is 12.4 Å². The number of pyridine rings is 2. The summed E-state index contributed by atoms with van der Waals surface area (Å²) in [7, 11) is 0. The molecule has 0 amide bonds. The van der Waals surface area contributed by atoms with E-state index in [9.17, 15) is 26.3 Å². The van der Waals surface area contributed by atoms with Crippen LogP contribution in [0.5, 0.6) is 0 Å². The second-order valence-corrected chi connectivity index (χ2v) is 6.80. The Kier molecular flexibility index (Phi) is 5.46. The number of rotatable bonds is 3. The van der Waals surface area contributed by atoms with E-state index in [1.165, 1.54) is 17.0 Å². The van der Waals surface area contributed by atoms with Gasteiger partial charge in [-0.05, 0) is 50.4 Å². The van der Waals surface area contributed by atoms with E-state index in [4.69, 9.17) is 0 Å². The monoisotopic (exact) mass is 416 g/mol. The van der Waals surface area contributed by atoms with Crippen LogP contribution in [-0.2, 0) is 12.4 Å². The third-order valence-electron chi connectivity index (χ3n) is 4.45. The Balaban J connectivity index is 2.11. The molecule has 1 aliphatic rings. The molecule has 0 saturated carbocycles. The topological polar surface area (TPSA) is 32.3 Å². The molecular formula is C19H18F6N4. The molecule has 29 heavy (non-hydrogen) atoms. The van der Waals surface area contributed by atoms with Crippen molar-refractivity contribution in [2.24, 2.45) is 0 Å². The van der Waals surface area contributed by atoms with Crippen molar-refractivity contribution >= 4 is 5.82 Å². The fraction of sp³-hybridized carbons (Fsp3) is 0.368. The van der Waals surface area contributed by atoms with Crippen molar-refractivity contribution in [3.05, 3.63) is 65.8 Å². The molecule has 4 nitrogen and oxygen atoms in total. The summed E-state index contributed by atoms with van der Waals surface area (Å²) in [5.74, 6) is -0.000892. The van der Waals surface area contributed by atoms with Gasteiger partial charge in [0.2, 0.25) is 0 Å². The molecule has 10 heteroatoms. The largest absolute Gasteiger partial charge is 0.433 e. The van der Waals surface area contributed by atoms with E-state index >= 15 is 0 Å². The summed E-state index contributed by atoms with van der Waals surface area (Å²) >= 11 is 0. The van der Waals surface area contributed by atoms with E-state index in [0.717, 1.165) is 24.4 Å². The van der Waals surface area contributed by atoms with Crippen LogP contribution < -0.4 is 4.90 Å². The lowest BCUT2D eigenvalue weighted by Crippen LogP contribution is -2.46. The summed E-state index contributed by atoms with van der Waals surface area (Å²) in [4.78, 5) is 11.0. The molecule has 0 spiro atoms. The number of halogens is 6. The van der Waals surface area contributed by atoms with Gasteiger partial charge in [0.1, 0.15) is 17.7 Å². The molecule has 3 rings (SSSR count). The Hall–Kier alpha value is -2.78. The van der Waals surface area contributed by atoms with Crippen LogP contribution in [0.4, 0.5) is 32.2 Å². The van der Waals surface area contributed by atoms with Gasteiger partial charge in [-0.25, -0.2) is 9.97 Å². The number of nitrogens with zero attached hydrogens (tertiary/aromatic N) is 4. The first-order valence-electron chi connectivity index (χ1n) is 8.76. The van der Waals surface area contributed by atoms with Gasteiger partial charge < -0.3 is 9.80 Å². The molecule has 1 unspecified atom stereocenters. The second kappa shape index (κ2) is 7.57. The zero-order valence-corrected chi connectivity index (χ0v) is 15.5. The molecule has 1 aliphatic heterocycles. The van der Waals surface area contributed by atoms with Crippen LogP contribution in [-0.4, -0.2) is 27.5 Å². The van der Waals surface area contributed by atoms with E-state index in [0.29, 0.717) is 0 Å². The minimum Gasteiger partial charge on any atom is -0.350 e. The van der Waals surface area contributed by atoms with Crippen LogP contribution in [0.2, 0.25) is 0 Å². The summed E-state index contributed by atoms with van der Waals surface area (Å²) in [6.45, 7) is 3.82. The number of anilines is 1. The zero-order chi connectivity index (χ0) is 21.4. The van der Waals surface area contributed by atoms with Crippen LogP contribution in [0, 0.1) is 0 Å². The highest BCUT2D eigenvalue weighted by atomic mass is 19.4. The summed E-state index contributed by atoms with van der Waals surface area (Å²) in [6, 6.07) is 5.10. The smallest absolute Gasteiger partial charge is 0.350 e. The first-order chi connectivity index (χ1) is 13.5. The van der Waals surface area contributed by atoms with Crippen LogP contribution in [0.15, 0.2) is 48.8 Å². The van der Waals surface area contributed by atoms with Crippen molar-refractivity contribution in [2.75, 3.05) is 11.4 Å². The lowest BCUT2D eigenvalue weighted by molar-refractivity contribution is -0.141. The molecule has 0 saturated heterocycles. The summed E-state index contributed by atoms with van der Waals surface area (Å²) in [6.07, 6.45) is -5.59. The Labute approximate surface area is 163 Å². The third-order valence-corrected chi connectivity index (χ3v) is 4.45. The second-order valence-electron chi connectivity index (χ2n) is 6.80. The van der Waals surface area contributed by atoms with Crippen molar-refractivity contribution in [2.45, 2.75) is 38.4 Å². The van der Waals surface area contributed by atoms with Crippen molar-refractivity contribution in [1.29, 1.82) is 0 Å². The van der Waals surface area contributed by atoms with Gasteiger partial charge in [-0.3, -0.25) is 0 Å². The first kappa shape index (κ1) is 20.9. The summed E-state index contributed by atoms with van der Waals surface area (Å²) < 4.78 is 78.9. The third kappa shape index (κ3) is 4.46. The number of hydrogen-bond acceptors (Lipinski definition) is 4. The van der Waals surface area contributed by atoms with Crippen LogP contribution in [0.3, 0.4) is 0 Å². The van der Waals surface area contributed by atoms with Crippen molar-refractivity contribution in [3.8, 4) is 0 Å². The molecule has 0 bridgehead atoms. The number of alkyl halides is 6. The van der Waals surface area contributed by atoms with Crippen LogP contribution in [0.1, 0.15) is 37.0 Å². The highest BCUT2D eigenvalue weighted by Crippen LogP contribution is 2.37. The molecule has 2 aromatic heterocycles. The molecular weight excluding hydrogens is 398 g/mol. The van der Waals surface area contributed by atoms with Gasteiger partial charge in [0, 0.05) is 18.8 Å². The lowest BCUT2D eigenvalue weighted by Gasteiger charge is -2.44. The van der Waals surface area contributed by atoms with Gasteiger partial charge in [-0.1, -0.05) is 6.07 Å². The fourth-order valence-electron chi connectivity index (χ4n) is 3.12. The predicted octanol–water partition coefficient (Wildman–Crippen LogP) is 5.26. The molecule has 0 aliphatic carbocycles. The van der Waals surface area contributed by atoms with Crippen LogP contribution >= 0.6 is 0 Å². The maximum absolute atomic E-state index is 13.2. The highest BCUT2D eigenvalue weighted by molar-refractivity contribution is 5.46. The van der Waals surface area contributed by atoms with E-state index in [1.807, 2.05) is 13.8 Å². The Morgan fingerprint density at radius 1 is 1.03 bits per heavy atom. The van der Waals surface area contributed by atoms with Gasteiger partial charge in [0.05, 0.1) is 11.3 Å². The molecule has 156 valence electrons. The Morgan fingerprint density at radius 2 is 1.76 bits per heavy atom. The molecule has 0 radical (unpaired) electrons. The van der Waals surface area contributed by atoms with Gasteiger partial charge in [0.15, 0.2) is 0 Å². The van der Waals surface area contributed by atoms with Gasteiger partial charge in [0.25, 0.3) is 0 Å². The van der Waals surface area contributed by atoms with Gasteiger partial charge in [-0.2, -0.15) is 26.3 Å². The van der Waals surface area contributed by atoms with Crippen molar-refractivity contribution in [3.63, 3.8) is 0 Å². The van der Waals surface area contributed by atoms with Crippen LogP contribution in [0.25, 0.3) is 0 Å². The molecule has 0 N–H and O–H groups in total. The normalized spacial score (nSPS) is 17.9. The van der Waals surface area contributed by atoms with Crippen molar-refractivity contribution < 1.29 is 26.3 Å². The standard InChI is InChI=1S/C19H18F6N4/c1-12(2)28-9-4-10-29(16-11-13(7-8-26-16)18(20,21)22)17(28)14-5-3-6-15(27-14)19(23,24)25/h3-9,11-12,17H,10H2,1-2H3. The van der Waals surface area contributed by atoms with E-state index in [2.05, 4.69) is 9.97 Å². The average molecular weight is 416 g/mol. The zero-order valence-electron chi connectivity index (χ0n) is 15.5. The quantitative estimate of drug-likeness (QED) is 0.640. The average Bonchev–Trinajstić information content (AvgIpc) is 2.66. The fourth-order valence-corrected chi connectivity index (χ4v) is 3.12. The highest BCUT2D eigenvalue weighted by Gasteiger charge is 2.37. The Morgan fingerprint density at radius 3 is 2.38 bits per heavy atom. The summed E-state index contributed by atoms with van der Waals surface area (Å²) in [5.41, 5.74) is -1.88. The minimum absolute atomic E-state index is 0.000892. The Bertz CT molecular complexity index is 891. The van der Waals surface area contributed by atoms with E-state index in [-0.39, 0.29) is 24.1 Å². The SMILES string of the molecule is CC(C)N1C=CCN(c2cc(C(F)(F)F)ccn2)C1c1cccc(C(F)(F)F)n1. The first-order valence-corrected chi connectivity index (χ1v) is 8.76. The molecule has 0 fully saturated rings. The number of aromatic nitrogens is 2. The molecule has 1 atom stereocenters. The van der Waals surface area contributed by atoms with Crippen molar-refractivity contribution in [1.82, 2.24) is 14.9 Å². The van der Waals surface area contributed by atoms with E-state index in [1.54, 1.807) is 17.2 Å². The maximum Gasteiger partial charge on any atom is 0.433 e. The molecule has 3 heterocycles. The van der Waals surface area contributed by atoms with E-state index < -0.39 is 29.8 Å². The maximum atomic E-state index is 13.2. The molecule has 0 aromatic carbocycles. The van der Waals surface area contributed by atoms with Gasteiger partial charge in [-0.15, -0.1) is 0 Å².